The maximum Gasteiger partial charge on any atom is 0.265 e. The Bertz CT molecular complexity index is 596. The Morgan fingerprint density at radius 3 is 2.36 bits per heavy atom. The summed E-state index contributed by atoms with van der Waals surface area (Å²) in [6.07, 6.45) is 1.03. The number of hydrogen-bond acceptors (Lipinski definition) is 4. The predicted octanol–water partition coefficient (Wildman–Crippen LogP) is 3.21. The Balaban J connectivity index is 2.95. The number of nitrogens with zero attached hydrogens (tertiary/aromatic N) is 1. The van der Waals surface area contributed by atoms with E-state index in [2.05, 4.69) is 38.8 Å². The zero-order valence-electron chi connectivity index (χ0n) is 13.6. The molecule has 0 aromatic carbocycles. The molecule has 1 aromatic rings. The largest absolute Gasteiger partial charge is 0.416 e. The Morgan fingerprint density at radius 1 is 1.36 bits per heavy atom. The fraction of sp³-hybridized carbons (Fsp3) is 0.643. The summed E-state index contributed by atoms with van der Waals surface area (Å²) in [7, 11) is -6.25. The second kappa shape index (κ2) is 6.73. The van der Waals surface area contributed by atoms with Crippen LogP contribution in [0.3, 0.4) is 0 Å². The van der Waals surface area contributed by atoms with Gasteiger partial charge < -0.3 is 4.43 Å². The van der Waals surface area contributed by atoms with Gasteiger partial charge in [0.2, 0.25) is 0 Å². The molecule has 0 saturated carbocycles. The summed E-state index contributed by atoms with van der Waals surface area (Å²) < 4.78 is 50.5. The third-order valence-corrected chi connectivity index (χ3v) is 9.36. The molecule has 0 fully saturated rings. The van der Waals surface area contributed by atoms with Crippen LogP contribution in [0.2, 0.25) is 18.1 Å². The van der Waals surface area contributed by atoms with Crippen LogP contribution in [0.15, 0.2) is 18.3 Å². The van der Waals surface area contributed by atoms with Gasteiger partial charge >= 0.3 is 0 Å². The molecule has 5 nitrogen and oxygen atoms in total. The molecule has 0 bridgehead atoms. The third kappa shape index (κ3) is 5.75. The maximum atomic E-state index is 13.0. The molecule has 0 aliphatic carbocycles. The van der Waals surface area contributed by atoms with Crippen LogP contribution in [0.5, 0.6) is 0 Å². The van der Waals surface area contributed by atoms with Gasteiger partial charge in [0.1, 0.15) is 5.82 Å². The van der Waals surface area contributed by atoms with Crippen LogP contribution in [-0.4, -0.2) is 38.6 Å². The molecule has 0 amide bonds. The van der Waals surface area contributed by atoms with E-state index in [4.69, 9.17) is 8.98 Å². The molecule has 1 unspecified atom stereocenters. The van der Waals surface area contributed by atoms with Gasteiger partial charge in [0.05, 0.1) is 11.9 Å². The van der Waals surface area contributed by atoms with Crippen molar-refractivity contribution >= 4 is 18.4 Å². The standard InChI is InChI=1S/C14H24FNO4SSi/c1-14(2,3)22(4,5)20-9-11(10-21(17,18)19)13-7-6-12(15)8-16-13/h6-8,11H,9-10H2,1-5H3,(H,17,18,19). The quantitative estimate of drug-likeness (QED) is 0.630. The van der Waals surface area contributed by atoms with Gasteiger partial charge in [0.25, 0.3) is 10.1 Å². The molecule has 0 radical (unpaired) electrons. The highest BCUT2D eigenvalue weighted by molar-refractivity contribution is 7.85. The topological polar surface area (TPSA) is 76.5 Å². The molecule has 1 heterocycles. The Hall–Kier alpha value is -0.833. The van der Waals surface area contributed by atoms with E-state index in [9.17, 15) is 12.8 Å². The van der Waals surface area contributed by atoms with E-state index in [1.807, 2.05) is 0 Å². The van der Waals surface area contributed by atoms with Crippen LogP contribution < -0.4 is 0 Å². The summed E-state index contributed by atoms with van der Waals surface area (Å²) in [6.45, 7) is 10.5. The van der Waals surface area contributed by atoms with Gasteiger partial charge in [0, 0.05) is 18.2 Å². The summed E-state index contributed by atoms with van der Waals surface area (Å²) in [6, 6.07) is 2.63. The van der Waals surface area contributed by atoms with Crippen molar-refractivity contribution in [3.05, 3.63) is 29.8 Å². The molecule has 0 aliphatic heterocycles. The summed E-state index contributed by atoms with van der Waals surface area (Å²) in [5, 5.41) is -0.0220. The van der Waals surface area contributed by atoms with Gasteiger partial charge in [0.15, 0.2) is 8.32 Å². The number of aromatic nitrogens is 1. The second-order valence-corrected chi connectivity index (χ2v) is 13.2. The average molecular weight is 350 g/mol. The van der Waals surface area contributed by atoms with E-state index in [1.54, 1.807) is 0 Å². The van der Waals surface area contributed by atoms with Crippen molar-refractivity contribution in [2.75, 3.05) is 12.4 Å². The lowest BCUT2D eigenvalue weighted by Crippen LogP contribution is -2.42. The van der Waals surface area contributed by atoms with E-state index in [0.717, 1.165) is 6.20 Å². The average Bonchev–Trinajstić information content (AvgIpc) is 2.33. The minimum absolute atomic E-state index is 0.0220. The zero-order chi connectivity index (χ0) is 17.2. The van der Waals surface area contributed by atoms with Crippen LogP contribution in [0, 0.1) is 5.82 Å². The summed E-state index contributed by atoms with van der Waals surface area (Å²) in [5.74, 6) is -1.63. The van der Waals surface area contributed by atoms with Gasteiger partial charge in [-0.25, -0.2) is 4.39 Å². The lowest BCUT2D eigenvalue weighted by molar-refractivity contribution is 0.266. The number of pyridine rings is 1. The molecule has 22 heavy (non-hydrogen) atoms. The van der Waals surface area contributed by atoms with Gasteiger partial charge in [-0.1, -0.05) is 20.8 Å². The molecule has 0 aliphatic rings. The van der Waals surface area contributed by atoms with Crippen molar-refractivity contribution in [2.45, 2.75) is 44.8 Å². The number of hydrogen-bond donors (Lipinski definition) is 1. The highest BCUT2D eigenvalue weighted by atomic mass is 32.2. The molecule has 1 N–H and O–H groups in total. The minimum Gasteiger partial charge on any atom is -0.416 e. The van der Waals surface area contributed by atoms with Gasteiger partial charge in [-0.2, -0.15) is 8.42 Å². The van der Waals surface area contributed by atoms with Gasteiger partial charge in [-0.15, -0.1) is 0 Å². The van der Waals surface area contributed by atoms with Crippen LogP contribution >= 0.6 is 0 Å². The highest BCUT2D eigenvalue weighted by Crippen LogP contribution is 2.37. The normalized spacial score (nSPS) is 14.9. The fourth-order valence-electron chi connectivity index (χ4n) is 1.63. The van der Waals surface area contributed by atoms with E-state index in [1.165, 1.54) is 12.1 Å². The molecular weight excluding hydrogens is 325 g/mol. The van der Waals surface area contributed by atoms with Crippen LogP contribution in [0.4, 0.5) is 4.39 Å². The monoisotopic (exact) mass is 349 g/mol. The first kappa shape index (κ1) is 19.2. The first-order valence-electron chi connectivity index (χ1n) is 7.02. The summed E-state index contributed by atoms with van der Waals surface area (Å²) in [5.41, 5.74) is 0.387. The lowest BCUT2D eigenvalue weighted by atomic mass is 10.1. The molecule has 0 spiro atoms. The van der Waals surface area contributed by atoms with Crippen molar-refractivity contribution in [1.82, 2.24) is 4.98 Å². The van der Waals surface area contributed by atoms with Gasteiger partial charge in [-0.05, 0) is 30.3 Å². The number of halogens is 1. The van der Waals surface area contributed by atoms with Crippen molar-refractivity contribution < 1.29 is 21.8 Å². The first-order chi connectivity index (χ1) is 9.82. The molecular formula is C14H24FNO4SSi. The van der Waals surface area contributed by atoms with E-state index < -0.39 is 35.9 Å². The van der Waals surface area contributed by atoms with Crippen molar-refractivity contribution in [2.24, 2.45) is 0 Å². The molecule has 0 saturated heterocycles. The Kier molecular flexibility index (Phi) is 5.88. The molecule has 8 heteroatoms. The second-order valence-electron chi connectivity index (χ2n) is 6.92. The van der Waals surface area contributed by atoms with Gasteiger partial charge in [-0.3, -0.25) is 9.54 Å². The smallest absolute Gasteiger partial charge is 0.265 e. The van der Waals surface area contributed by atoms with Crippen LogP contribution in [0.25, 0.3) is 0 Å². The molecule has 1 rings (SSSR count). The minimum atomic E-state index is -4.18. The van der Waals surface area contributed by atoms with E-state index in [-0.39, 0.29) is 11.6 Å². The lowest BCUT2D eigenvalue weighted by Gasteiger charge is -2.37. The summed E-state index contributed by atoms with van der Waals surface area (Å²) in [4.78, 5) is 3.91. The Labute approximate surface area is 132 Å². The van der Waals surface area contributed by atoms with Crippen molar-refractivity contribution in [1.29, 1.82) is 0 Å². The SMILES string of the molecule is CC(C)(C)[Si](C)(C)OCC(CS(=O)(=O)O)c1ccc(F)cn1. The highest BCUT2D eigenvalue weighted by Gasteiger charge is 2.38. The first-order valence-corrected chi connectivity index (χ1v) is 11.5. The third-order valence-electron chi connectivity index (χ3n) is 4.03. The Morgan fingerprint density at radius 2 is 1.95 bits per heavy atom. The van der Waals surface area contributed by atoms with E-state index in [0.29, 0.717) is 5.69 Å². The fourth-order valence-corrected chi connectivity index (χ4v) is 3.45. The molecule has 1 aromatic heterocycles. The van der Waals surface area contributed by atoms with Crippen molar-refractivity contribution in [3.63, 3.8) is 0 Å². The predicted molar refractivity (Wildman–Crippen MR) is 86.5 cm³/mol. The van der Waals surface area contributed by atoms with Crippen LogP contribution in [0.1, 0.15) is 32.4 Å². The van der Waals surface area contributed by atoms with E-state index >= 15 is 0 Å². The molecule has 1 atom stereocenters. The molecule has 126 valence electrons. The summed E-state index contributed by atoms with van der Waals surface area (Å²) >= 11 is 0. The number of rotatable bonds is 6. The van der Waals surface area contributed by atoms with Crippen molar-refractivity contribution in [3.8, 4) is 0 Å². The van der Waals surface area contributed by atoms with Crippen LogP contribution in [-0.2, 0) is 14.5 Å². The maximum absolute atomic E-state index is 13.0. The zero-order valence-corrected chi connectivity index (χ0v) is 15.4.